The van der Waals surface area contributed by atoms with Crippen LogP contribution in [0.4, 0.5) is 23.1 Å². The maximum Gasteiger partial charge on any atom is 0.254 e. The highest BCUT2D eigenvalue weighted by atomic mass is 16.5. The summed E-state index contributed by atoms with van der Waals surface area (Å²) in [6.45, 7) is 2.37. The third-order valence-corrected chi connectivity index (χ3v) is 5.47. The van der Waals surface area contributed by atoms with E-state index in [0.29, 0.717) is 29.9 Å². The minimum absolute atomic E-state index is 0.309. The highest BCUT2D eigenvalue weighted by Gasteiger charge is 2.17. The van der Waals surface area contributed by atoms with Gasteiger partial charge in [-0.25, -0.2) is 4.98 Å². The van der Waals surface area contributed by atoms with Crippen LogP contribution in [0.3, 0.4) is 0 Å². The third kappa shape index (κ3) is 4.88. The van der Waals surface area contributed by atoms with Crippen LogP contribution in [0.1, 0.15) is 48.9 Å². The van der Waals surface area contributed by atoms with Gasteiger partial charge in [0.15, 0.2) is 0 Å². The van der Waals surface area contributed by atoms with Crippen molar-refractivity contribution >= 4 is 29.0 Å². The Morgan fingerprint density at radius 3 is 2.93 bits per heavy atom. The van der Waals surface area contributed by atoms with Gasteiger partial charge in [0.1, 0.15) is 11.6 Å². The first-order valence-corrected chi connectivity index (χ1v) is 10.4. The van der Waals surface area contributed by atoms with Gasteiger partial charge in [-0.05, 0) is 43.4 Å². The zero-order valence-corrected chi connectivity index (χ0v) is 16.5. The molecule has 1 aliphatic heterocycles. The van der Waals surface area contributed by atoms with E-state index in [1.165, 1.54) is 38.3 Å². The molecule has 0 bridgehead atoms. The van der Waals surface area contributed by atoms with Crippen molar-refractivity contribution in [2.24, 2.45) is 11.7 Å². The summed E-state index contributed by atoms with van der Waals surface area (Å²) >= 11 is 0. The van der Waals surface area contributed by atoms with Crippen molar-refractivity contribution in [3.05, 3.63) is 30.0 Å². The Morgan fingerprint density at radius 2 is 2.10 bits per heavy atom. The first-order valence-electron chi connectivity index (χ1n) is 10.4. The number of hydrogen-bond acceptors (Lipinski definition) is 7. The van der Waals surface area contributed by atoms with Crippen LogP contribution in [0.25, 0.3) is 0 Å². The van der Waals surface area contributed by atoms with E-state index in [1.807, 2.05) is 18.2 Å². The molecule has 1 fully saturated rings. The lowest BCUT2D eigenvalue weighted by Gasteiger charge is -2.22. The molecule has 0 radical (unpaired) electrons. The standard InChI is InChI=1S/C21H28N6O2/c22-19(28)16-13-25-21(27-20(16)24-12-14-5-2-1-3-6-14)26-15-7-8-18-17(11-15)23-9-4-10-29-18/h7-8,11,13-14,23H,1-6,9-10,12H2,(H2,22,28)(H2,24,25,26,27). The van der Waals surface area contributed by atoms with Crippen LogP contribution in [0, 0.1) is 5.92 Å². The number of carbonyl (C=O) groups is 1. The number of primary amides is 1. The van der Waals surface area contributed by atoms with Gasteiger partial charge in [0.05, 0.1) is 17.9 Å². The Bertz CT molecular complexity index is 866. The molecule has 1 amide bonds. The van der Waals surface area contributed by atoms with Crippen molar-refractivity contribution in [2.45, 2.75) is 38.5 Å². The maximum absolute atomic E-state index is 11.8. The van der Waals surface area contributed by atoms with Gasteiger partial charge in [-0.2, -0.15) is 4.98 Å². The molecule has 4 rings (SSSR count). The summed E-state index contributed by atoms with van der Waals surface area (Å²) in [7, 11) is 0. The number of benzene rings is 1. The van der Waals surface area contributed by atoms with Crippen molar-refractivity contribution in [3.8, 4) is 5.75 Å². The Hall–Kier alpha value is -3.03. The molecule has 5 N–H and O–H groups in total. The van der Waals surface area contributed by atoms with E-state index in [2.05, 4.69) is 25.9 Å². The van der Waals surface area contributed by atoms with Crippen LogP contribution in [0.15, 0.2) is 24.4 Å². The number of ether oxygens (including phenoxy) is 1. The number of hydrogen-bond donors (Lipinski definition) is 4. The SMILES string of the molecule is NC(=O)c1cnc(Nc2ccc3c(c2)NCCCO3)nc1NCC1CCCCC1. The van der Waals surface area contributed by atoms with E-state index in [4.69, 9.17) is 10.5 Å². The van der Waals surface area contributed by atoms with Gasteiger partial charge in [-0.3, -0.25) is 4.79 Å². The number of amides is 1. The largest absolute Gasteiger partial charge is 0.491 e. The average molecular weight is 396 g/mol. The molecule has 8 heteroatoms. The second-order valence-electron chi connectivity index (χ2n) is 7.67. The van der Waals surface area contributed by atoms with Crippen LogP contribution >= 0.6 is 0 Å². The minimum Gasteiger partial charge on any atom is -0.491 e. The quantitative estimate of drug-likeness (QED) is 0.591. The molecule has 1 saturated carbocycles. The number of aromatic nitrogens is 2. The smallest absolute Gasteiger partial charge is 0.254 e. The van der Waals surface area contributed by atoms with E-state index in [9.17, 15) is 4.79 Å². The Kier molecular flexibility index (Phi) is 5.97. The van der Waals surface area contributed by atoms with E-state index in [0.717, 1.165) is 36.6 Å². The molecule has 2 aliphatic rings. The van der Waals surface area contributed by atoms with E-state index >= 15 is 0 Å². The van der Waals surface area contributed by atoms with E-state index in [1.54, 1.807) is 0 Å². The number of nitrogens with zero attached hydrogens (tertiary/aromatic N) is 2. The van der Waals surface area contributed by atoms with Crippen LogP contribution in [-0.4, -0.2) is 35.6 Å². The first kappa shape index (κ1) is 19.3. The van der Waals surface area contributed by atoms with Crippen molar-refractivity contribution < 1.29 is 9.53 Å². The zero-order chi connectivity index (χ0) is 20.1. The molecule has 0 unspecified atom stereocenters. The molecular weight excluding hydrogens is 368 g/mol. The number of carbonyl (C=O) groups excluding carboxylic acids is 1. The lowest BCUT2D eigenvalue weighted by Crippen LogP contribution is -2.21. The van der Waals surface area contributed by atoms with E-state index < -0.39 is 5.91 Å². The Balaban J connectivity index is 1.50. The second-order valence-corrected chi connectivity index (χ2v) is 7.67. The molecule has 154 valence electrons. The zero-order valence-electron chi connectivity index (χ0n) is 16.5. The minimum atomic E-state index is -0.533. The van der Waals surface area contributed by atoms with E-state index in [-0.39, 0.29) is 0 Å². The fourth-order valence-electron chi connectivity index (χ4n) is 3.87. The molecule has 0 saturated heterocycles. The fourth-order valence-corrected chi connectivity index (χ4v) is 3.87. The average Bonchev–Trinajstić information content (AvgIpc) is 2.98. The number of fused-ring (bicyclic) bond motifs is 1. The summed E-state index contributed by atoms with van der Waals surface area (Å²) in [6, 6.07) is 5.82. The van der Waals surface area contributed by atoms with Gasteiger partial charge in [0.25, 0.3) is 5.91 Å². The fraction of sp³-hybridized carbons (Fsp3) is 0.476. The molecule has 0 spiro atoms. The molecular formula is C21H28N6O2. The van der Waals surface area contributed by atoms with Gasteiger partial charge < -0.3 is 26.4 Å². The highest BCUT2D eigenvalue weighted by molar-refractivity contribution is 5.97. The van der Waals surface area contributed by atoms with Crippen LogP contribution in [-0.2, 0) is 0 Å². The number of nitrogens with two attached hydrogens (primary N) is 1. The molecule has 0 atom stereocenters. The molecule has 1 aliphatic carbocycles. The topological polar surface area (TPSA) is 114 Å². The van der Waals surface area contributed by atoms with Gasteiger partial charge in [-0.15, -0.1) is 0 Å². The molecule has 29 heavy (non-hydrogen) atoms. The second kappa shape index (κ2) is 8.98. The Labute approximate surface area is 170 Å². The molecule has 1 aromatic heterocycles. The van der Waals surface area contributed by atoms with Gasteiger partial charge >= 0.3 is 0 Å². The predicted molar refractivity (Wildman–Crippen MR) is 114 cm³/mol. The van der Waals surface area contributed by atoms with Gasteiger partial charge in [0.2, 0.25) is 5.95 Å². The summed E-state index contributed by atoms with van der Waals surface area (Å²) in [5.74, 6) is 1.81. The van der Waals surface area contributed by atoms with Crippen molar-refractivity contribution in [1.29, 1.82) is 0 Å². The van der Waals surface area contributed by atoms with Gasteiger partial charge in [-0.1, -0.05) is 19.3 Å². The molecule has 2 heterocycles. The monoisotopic (exact) mass is 396 g/mol. The number of nitrogens with one attached hydrogen (secondary N) is 3. The molecule has 8 nitrogen and oxygen atoms in total. The van der Waals surface area contributed by atoms with Crippen LogP contribution in [0.2, 0.25) is 0 Å². The third-order valence-electron chi connectivity index (χ3n) is 5.47. The van der Waals surface area contributed by atoms with Crippen LogP contribution in [0.5, 0.6) is 5.75 Å². The van der Waals surface area contributed by atoms with Crippen molar-refractivity contribution in [1.82, 2.24) is 9.97 Å². The predicted octanol–water partition coefficient (Wildman–Crippen LogP) is 3.51. The lowest BCUT2D eigenvalue weighted by atomic mass is 9.89. The molecule has 1 aromatic carbocycles. The highest BCUT2D eigenvalue weighted by Crippen LogP contribution is 2.31. The summed E-state index contributed by atoms with van der Waals surface area (Å²) in [5.41, 5.74) is 7.61. The van der Waals surface area contributed by atoms with Gasteiger partial charge in [0, 0.05) is 25.0 Å². The normalized spacial score (nSPS) is 16.7. The summed E-state index contributed by atoms with van der Waals surface area (Å²) in [5, 5.41) is 9.90. The van der Waals surface area contributed by atoms with Crippen LogP contribution < -0.4 is 26.4 Å². The summed E-state index contributed by atoms with van der Waals surface area (Å²) in [4.78, 5) is 20.6. The first-order chi connectivity index (χ1) is 14.2. The lowest BCUT2D eigenvalue weighted by molar-refractivity contribution is 0.100. The number of anilines is 4. The number of rotatable bonds is 6. The molecule has 2 aromatic rings. The Morgan fingerprint density at radius 1 is 1.24 bits per heavy atom. The van der Waals surface area contributed by atoms with Crippen molar-refractivity contribution in [3.63, 3.8) is 0 Å². The van der Waals surface area contributed by atoms with Crippen molar-refractivity contribution in [2.75, 3.05) is 35.6 Å². The summed E-state index contributed by atoms with van der Waals surface area (Å²) < 4.78 is 5.72. The maximum atomic E-state index is 11.8. The summed E-state index contributed by atoms with van der Waals surface area (Å²) in [6.07, 6.45) is 8.70.